The molecule has 90 valence electrons. The van der Waals surface area contributed by atoms with Crippen molar-refractivity contribution in [2.24, 2.45) is 11.8 Å². The first kappa shape index (κ1) is 11.6. The van der Waals surface area contributed by atoms with E-state index >= 15 is 0 Å². The van der Waals surface area contributed by atoms with Crippen molar-refractivity contribution in [3.05, 3.63) is 0 Å². The summed E-state index contributed by atoms with van der Waals surface area (Å²) in [7, 11) is 0. The molecular formula is C12H18O4. The van der Waals surface area contributed by atoms with Gasteiger partial charge >= 0.3 is 5.97 Å². The molecular weight excluding hydrogens is 208 g/mol. The van der Waals surface area contributed by atoms with E-state index in [0.29, 0.717) is 19.6 Å². The zero-order valence-corrected chi connectivity index (χ0v) is 9.82. The largest absolute Gasteiger partial charge is 0.458 e. The zero-order valence-electron chi connectivity index (χ0n) is 9.82. The molecule has 2 fully saturated rings. The van der Waals surface area contributed by atoms with Gasteiger partial charge < -0.3 is 9.47 Å². The Kier molecular flexibility index (Phi) is 3.02. The second-order valence-electron chi connectivity index (χ2n) is 5.03. The van der Waals surface area contributed by atoms with Gasteiger partial charge in [0.1, 0.15) is 17.3 Å². The molecule has 16 heavy (non-hydrogen) atoms. The maximum Gasteiger partial charge on any atom is 0.317 e. The Bertz CT molecular complexity index is 302. The molecule has 1 spiro atoms. The minimum absolute atomic E-state index is 0.00775. The van der Waals surface area contributed by atoms with E-state index in [-0.39, 0.29) is 17.7 Å². The number of carbonyl (C=O) groups is 2. The molecule has 2 rings (SSSR count). The smallest absolute Gasteiger partial charge is 0.317 e. The molecule has 1 atom stereocenters. The highest BCUT2D eigenvalue weighted by Gasteiger charge is 2.50. The van der Waals surface area contributed by atoms with Crippen LogP contribution in [-0.4, -0.2) is 30.6 Å². The Labute approximate surface area is 95.3 Å². The summed E-state index contributed by atoms with van der Waals surface area (Å²) in [6.07, 6.45) is 1.99. The standard InChI is InChI=1S/C12H18O4/c1-8(2)10(13)9-7-12(16-11(9)14)3-5-15-6-4-12/h8-9H,3-7H2,1-2H3/t9-/m1/s1. The molecule has 0 radical (unpaired) electrons. The number of esters is 1. The van der Waals surface area contributed by atoms with Crippen LogP contribution in [0.25, 0.3) is 0 Å². The normalized spacial score (nSPS) is 28.4. The zero-order chi connectivity index (χ0) is 11.8. The summed E-state index contributed by atoms with van der Waals surface area (Å²) in [5.41, 5.74) is -0.412. The number of ketones is 1. The van der Waals surface area contributed by atoms with E-state index in [1.54, 1.807) is 0 Å². The van der Waals surface area contributed by atoms with Gasteiger partial charge in [-0.25, -0.2) is 0 Å². The summed E-state index contributed by atoms with van der Waals surface area (Å²) >= 11 is 0. The molecule has 0 bridgehead atoms. The Morgan fingerprint density at radius 1 is 1.38 bits per heavy atom. The van der Waals surface area contributed by atoms with Crippen molar-refractivity contribution in [3.63, 3.8) is 0 Å². The molecule has 2 aliphatic rings. The van der Waals surface area contributed by atoms with Gasteiger partial charge in [0, 0.05) is 25.2 Å². The van der Waals surface area contributed by atoms with Crippen molar-refractivity contribution < 1.29 is 19.1 Å². The highest BCUT2D eigenvalue weighted by molar-refractivity contribution is 6.01. The van der Waals surface area contributed by atoms with Gasteiger partial charge in [-0.3, -0.25) is 9.59 Å². The summed E-state index contributed by atoms with van der Waals surface area (Å²) in [4.78, 5) is 23.6. The molecule has 0 aromatic carbocycles. The number of hydrogen-bond acceptors (Lipinski definition) is 4. The molecule has 0 N–H and O–H groups in total. The van der Waals surface area contributed by atoms with Crippen LogP contribution >= 0.6 is 0 Å². The third kappa shape index (κ3) is 1.98. The SMILES string of the molecule is CC(C)C(=O)[C@H]1CC2(CCOCC2)OC1=O. The maximum absolute atomic E-state index is 11.8. The van der Waals surface area contributed by atoms with Gasteiger partial charge in [-0.2, -0.15) is 0 Å². The van der Waals surface area contributed by atoms with E-state index in [4.69, 9.17) is 9.47 Å². The molecule has 0 amide bonds. The van der Waals surface area contributed by atoms with Crippen LogP contribution in [0.1, 0.15) is 33.1 Å². The second kappa shape index (κ2) is 4.17. The fourth-order valence-corrected chi connectivity index (χ4v) is 2.45. The highest BCUT2D eigenvalue weighted by atomic mass is 16.6. The number of rotatable bonds is 2. The monoisotopic (exact) mass is 226 g/mol. The van der Waals surface area contributed by atoms with E-state index in [1.165, 1.54) is 0 Å². The third-order valence-corrected chi connectivity index (χ3v) is 3.49. The molecule has 4 heteroatoms. The number of ether oxygens (including phenoxy) is 2. The van der Waals surface area contributed by atoms with Gasteiger partial charge in [-0.15, -0.1) is 0 Å². The third-order valence-electron chi connectivity index (χ3n) is 3.49. The summed E-state index contributed by atoms with van der Waals surface area (Å²) in [5.74, 6) is -0.973. The molecule has 0 unspecified atom stereocenters. The summed E-state index contributed by atoms with van der Waals surface area (Å²) < 4.78 is 10.7. The van der Waals surface area contributed by atoms with Gasteiger partial charge in [0.05, 0.1) is 13.2 Å². The van der Waals surface area contributed by atoms with Crippen molar-refractivity contribution in [2.45, 2.75) is 38.7 Å². The van der Waals surface area contributed by atoms with Crippen LogP contribution in [0.4, 0.5) is 0 Å². The van der Waals surface area contributed by atoms with Crippen LogP contribution < -0.4 is 0 Å². The predicted molar refractivity (Wildman–Crippen MR) is 56.8 cm³/mol. The first-order valence-electron chi connectivity index (χ1n) is 5.88. The molecule has 0 aromatic rings. The topological polar surface area (TPSA) is 52.6 Å². The Hall–Kier alpha value is -0.900. The molecule has 0 saturated carbocycles. The van der Waals surface area contributed by atoms with Gasteiger partial charge in [-0.1, -0.05) is 13.8 Å². The highest BCUT2D eigenvalue weighted by Crippen LogP contribution is 2.39. The van der Waals surface area contributed by atoms with Crippen LogP contribution in [0.3, 0.4) is 0 Å². The lowest BCUT2D eigenvalue weighted by molar-refractivity contribution is -0.157. The van der Waals surface area contributed by atoms with Crippen LogP contribution in [0.15, 0.2) is 0 Å². The predicted octanol–water partition coefficient (Wildman–Crippen LogP) is 1.32. The fourth-order valence-electron chi connectivity index (χ4n) is 2.45. The Morgan fingerprint density at radius 2 is 2.00 bits per heavy atom. The van der Waals surface area contributed by atoms with Crippen molar-refractivity contribution in [3.8, 4) is 0 Å². The van der Waals surface area contributed by atoms with Gasteiger partial charge in [0.25, 0.3) is 0 Å². The van der Waals surface area contributed by atoms with E-state index in [0.717, 1.165) is 12.8 Å². The van der Waals surface area contributed by atoms with Gasteiger partial charge in [-0.05, 0) is 0 Å². The first-order valence-corrected chi connectivity index (χ1v) is 5.88. The average molecular weight is 226 g/mol. The van der Waals surface area contributed by atoms with Crippen molar-refractivity contribution in [2.75, 3.05) is 13.2 Å². The summed E-state index contributed by atoms with van der Waals surface area (Å²) in [6.45, 7) is 4.89. The van der Waals surface area contributed by atoms with Crippen LogP contribution in [0.5, 0.6) is 0 Å². The van der Waals surface area contributed by atoms with Crippen molar-refractivity contribution in [1.29, 1.82) is 0 Å². The Morgan fingerprint density at radius 3 is 2.56 bits per heavy atom. The maximum atomic E-state index is 11.8. The van der Waals surface area contributed by atoms with E-state index in [9.17, 15) is 9.59 Å². The molecule has 2 heterocycles. The number of hydrogen-bond donors (Lipinski definition) is 0. The van der Waals surface area contributed by atoms with Crippen LogP contribution in [0.2, 0.25) is 0 Å². The number of Topliss-reactive ketones (excluding diaryl/α,β-unsaturated/α-hetero) is 1. The first-order chi connectivity index (χ1) is 7.54. The molecule has 2 saturated heterocycles. The lowest BCUT2D eigenvalue weighted by Gasteiger charge is -2.31. The van der Waals surface area contributed by atoms with Crippen LogP contribution in [-0.2, 0) is 19.1 Å². The van der Waals surface area contributed by atoms with Crippen molar-refractivity contribution >= 4 is 11.8 Å². The second-order valence-corrected chi connectivity index (χ2v) is 5.03. The molecule has 2 aliphatic heterocycles. The number of carbonyl (C=O) groups excluding carboxylic acids is 2. The van der Waals surface area contributed by atoms with E-state index < -0.39 is 11.5 Å². The minimum atomic E-state index is -0.543. The van der Waals surface area contributed by atoms with Gasteiger partial charge in [0.15, 0.2) is 0 Å². The lowest BCUT2D eigenvalue weighted by atomic mass is 9.83. The minimum Gasteiger partial charge on any atom is -0.458 e. The van der Waals surface area contributed by atoms with E-state index in [2.05, 4.69) is 0 Å². The van der Waals surface area contributed by atoms with Crippen LogP contribution in [0, 0.1) is 11.8 Å². The average Bonchev–Trinajstić information content (AvgIpc) is 2.55. The molecule has 0 aliphatic carbocycles. The Balaban J connectivity index is 2.09. The fraction of sp³-hybridized carbons (Fsp3) is 0.833. The quantitative estimate of drug-likeness (QED) is 0.526. The summed E-state index contributed by atoms with van der Waals surface area (Å²) in [5, 5.41) is 0. The van der Waals surface area contributed by atoms with E-state index in [1.807, 2.05) is 13.8 Å². The molecule has 0 aromatic heterocycles. The van der Waals surface area contributed by atoms with Crippen molar-refractivity contribution in [1.82, 2.24) is 0 Å². The lowest BCUT2D eigenvalue weighted by Crippen LogP contribution is -2.36. The molecule has 4 nitrogen and oxygen atoms in total. The van der Waals surface area contributed by atoms with Gasteiger partial charge in [0.2, 0.25) is 0 Å². The summed E-state index contributed by atoms with van der Waals surface area (Å²) in [6, 6.07) is 0.